The Bertz CT molecular complexity index is 817. The van der Waals surface area contributed by atoms with Crippen molar-refractivity contribution in [1.29, 1.82) is 0 Å². The fourth-order valence-electron chi connectivity index (χ4n) is 2.33. The second-order valence-corrected chi connectivity index (χ2v) is 8.73. The summed E-state index contributed by atoms with van der Waals surface area (Å²) < 4.78 is 23.2. The highest BCUT2D eigenvalue weighted by molar-refractivity contribution is 7.90. The fourth-order valence-corrected chi connectivity index (χ4v) is 3.93. The summed E-state index contributed by atoms with van der Waals surface area (Å²) in [6, 6.07) is 8.07. The van der Waals surface area contributed by atoms with Gasteiger partial charge in [-0.1, -0.05) is 6.07 Å². The third kappa shape index (κ3) is 4.31. The molecule has 1 heterocycles. The van der Waals surface area contributed by atoms with E-state index in [-0.39, 0.29) is 16.6 Å². The van der Waals surface area contributed by atoms with Crippen LogP contribution < -0.4 is 10.2 Å². The number of thiophene rings is 1. The molecule has 130 valence electrons. The summed E-state index contributed by atoms with van der Waals surface area (Å²) in [6.07, 6.45) is 1.03. The lowest BCUT2D eigenvalue weighted by atomic mass is 10.2. The summed E-state index contributed by atoms with van der Waals surface area (Å²) >= 11 is 1.64. The molecule has 0 aliphatic carbocycles. The number of benzene rings is 1. The first-order valence-corrected chi connectivity index (χ1v) is 10.0. The Kier molecular flexibility index (Phi) is 5.58. The maximum absolute atomic E-state index is 11.6. The molecule has 0 bridgehead atoms. The maximum atomic E-state index is 11.6. The van der Waals surface area contributed by atoms with E-state index in [1.807, 2.05) is 31.6 Å². The van der Waals surface area contributed by atoms with Gasteiger partial charge >= 0.3 is 0 Å². The molecule has 1 atom stereocenters. The molecular weight excluding hydrogens is 350 g/mol. The SMILES string of the molecule is C[NH+](C)[C@H](CNc1ccc(S(C)(=O)=O)cc1[N+](=O)[O-])c1cccs1. The molecule has 0 fully saturated rings. The van der Waals surface area contributed by atoms with Gasteiger partial charge in [-0.3, -0.25) is 10.1 Å². The van der Waals surface area contributed by atoms with Crippen LogP contribution in [0, 0.1) is 10.1 Å². The third-order valence-corrected chi connectivity index (χ3v) is 5.77. The Morgan fingerprint density at radius 3 is 2.54 bits per heavy atom. The number of nitrogens with zero attached hydrogens (tertiary/aromatic N) is 1. The summed E-state index contributed by atoms with van der Waals surface area (Å²) in [5.41, 5.74) is 0.0758. The van der Waals surface area contributed by atoms with Crippen molar-refractivity contribution in [3.8, 4) is 0 Å². The van der Waals surface area contributed by atoms with Gasteiger partial charge in [0.05, 0.1) is 35.3 Å². The number of nitro benzene ring substituents is 1. The van der Waals surface area contributed by atoms with Gasteiger partial charge < -0.3 is 10.2 Å². The molecule has 1 aromatic carbocycles. The van der Waals surface area contributed by atoms with Crippen LogP contribution in [-0.4, -0.2) is 40.2 Å². The minimum atomic E-state index is -3.49. The van der Waals surface area contributed by atoms with Crippen LogP contribution in [0.1, 0.15) is 10.9 Å². The quantitative estimate of drug-likeness (QED) is 0.567. The average molecular weight is 370 g/mol. The van der Waals surface area contributed by atoms with Gasteiger partial charge in [0.1, 0.15) is 11.7 Å². The Balaban J connectivity index is 2.27. The number of rotatable bonds is 7. The van der Waals surface area contributed by atoms with Crippen LogP contribution in [0.5, 0.6) is 0 Å². The van der Waals surface area contributed by atoms with E-state index in [4.69, 9.17) is 0 Å². The van der Waals surface area contributed by atoms with Crippen LogP contribution in [0.4, 0.5) is 11.4 Å². The van der Waals surface area contributed by atoms with Gasteiger partial charge in [-0.2, -0.15) is 0 Å². The molecule has 0 radical (unpaired) electrons. The van der Waals surface area contributed by atoms with E-state index in [0.717, 1.165) is 12.3 Å². The molecule has 24 heavy (non-hydrogen) atoms. The van der Waals surface area contributed by atoms with Crippen LogP contribution in [0.3, 0.4) is 0 Å². The lowest BCUT2D eigenvalue weighted by Crippen LogP contribution is -3.06. The van der Waals surface area contributed by atoms with Gasteiger partial charge in [-0.15, -0.1) is 11.3 Å². The summed E-state index contributed by atoms with van der Waals surface area (Å²) in [7, 11) is 0.552. The van der Waals surface area contributed by atoms with E-state index >= 15 is 0 Å². The molecule has 0 unspecified atom stereocenters. The number of nitro groups is 1. The lowest BCUT2D eigenvalue weighted by molar-refractivity contribution is -0.889. The van der Waals surface area contributed by atoms with E-state index < -0.39 is 14.8 Å². The molecule has 0 spiro atoms. The first-order valence-electron chi connectivity index (χ1n) is 7.26. The van der Waals surface area contributed by atoms with Crippen molar-refractivity contribution in [1.82, 2.24) is 0 Å². The second kappa shape index (κ2) is 7.29. The van der Waals surface area contributed by atoms with Crippen molar-refractivity contribution >= 4 is 32.5 Å². The molecule has 7 nitrogen and oxygen atoms in total. The number of likely N-dealkylation sites (N-methyl/N-ethyl adjacent to an activating group) is 1. The summed E-state index contributed by atoms with van der Waals surface area (Å²) in [4.78, 5) is 13.0. The standard InChI is InChI=1S/C15H19N3O4S2/c1-17(2)14(15-5-4-8-23-15)10-16-12-7-6-11(24(3,21)22)9-13(12)18(19)20/h4-9,14,16H,10H2,1-3H3/p+1/t14-/m1/s1. The van der Waals surface area contributed by atoms with E-state index in [9.17, 15) is 18.5 Å². The highest BCUT2D eigenvalue weighted by Crippen LogP contribution is 2.28. The molecule has 1 aromatic heterocycles. The molecule has 0 saturated heterocycles. The molecule has 0 aliphatic rings. The van der Waals surface area contributed by atoms with E-state index in [2.05, 4.69) is 5.32 Å². The smallest absolute Gasteiger partial charge is 0.293 e. The zero-order valence-corrected chi connectivity index (χ0v) is 15.3. The largest absolute Gasteiger partial charge is 0.373 e. The van der Waals surface area contributed by atoms with E-state index in [1.165, 1.54) is 21.9 Å². The van der Waals surface area contributed by atoms with E-state index in [0.29, 0.717) is 12.2 Å². The van der Waals surface area contributed by atoms with Crippen molar-refractivity contribution in [2.45, 2.75) is 10.9 Å². The minimum absolute atomic E-state index is 0.0622. The van der Waals surface area contributed by atoms with Gasteiger partial charge in [0, 0.05) is 12.3 Å². The average Bonchev–Trinajstić information content (AvgIpc) is 3.00. The normalized spacial score (nSPS) is 13.0. The number of hydrogen-bond acceptors (Lipinski definition) is 6. The van der Waals surface area contributed by atoms with Crippen molar-refractivity contribution in [3.63, 3.8) is 0 Å². The third-order valence-electron chi connectivity index (χ3n) is 3.67. The number of quaternary nitrogens is 1. The number of sulfone groups is 1. The summed E-state index contributed by atoms with van der Waals surface area (Å²) in [6.45, 7) is 0.502. The van der Waals surface area contributed by atoms with Gasteiger partial charge in [0.15, 0.2) is 9.84 Å². The van der Waals surface area contributed by atoms with Gasteiger partial charge in [-0.05, 0) is 23.6 Å². The zero-order chi connectivity index (χ0) is 17.9. The zero-order valence-electron chi connectivity index (χ0n) is 13.6. The second-order valence-electron chi connectivity index (χ2n) is 5.73. The Morgan fingerprint density at radius 2 is 2.04 bits per heavy atom. The molecule has 0 aliphatic heterocycles. The monoisotopic (exact) mass is 370 g/mol. The molecular formula is C15H20N3O4S2+. The van der Waals surface area contributed by atoms with Crippen LogP contribution >= 0.6 is 11.3 Å². The van der Waals surface area contributed by atoms with Crippen molar-refractivity contribution in [2.75, 3.05) is 32.2 Å². The molecule has 0 saturated carbocycles. The Morgan fingerprint density at radius 1 is 1.33 bits per heavy atom. The Hall–Kier alpha value is -1.97. The molecule has 2 aromatic rings. The summed E-state index contributed by atoms with van der Waals surface area (Å²) in [5, 5.41) is 16.4. The van der Waals surface area contributed by atoms with Gasteiger partial charge in [0.2, 0.25) is 0 Å². The highest BCUT2D eigenvalue weighted by atomic mass is 32.2. The topological polar surface area (TPSA) is 93.8 Å². The minimum Gasteiger partial charge on any atom is -0.373 e. The highest BCUT2D eigenvalue weighted by Gasteiger charge is 2.22. The van der Waals surface area contributed by atoms with Crippen molar-refractivity contribution in [3.05, 3.63) is 50.7 Å². The maximum Gasteiger partial charge on any atom is 0.293 e. The van der Waals surface area contributed by atoms with Crippen LogP contribution in [-0.2, 0) is 9.84 Å². The molecule has 0 amide bonds. The van der Waals surface area contributed by atoms with Crippen LogP contribution in [0.25, 0.3) is 0 Å². The predicted molar refractivity (Wildman–Crippen MR) is 94.6 cm³/mol. The van der Waals surface area contributed by atoms with Gasteiger partial charge in [-0.25, -0.2) is 8.42 Å². The first-order chi connectivity index (χ1) is 11.2. The van der Waals surface area contributed by atoms with Crippen LogP contribution in [0.2, 0.25) is 0 Å². The molecule has 9 heteroatoms. The van der Waals surface area contributed by atoms with Crippen molar-refractivity contribution < 1.29 is 18.2 Å². The fraction of sp³-hybridized carbons (Fsp3) is 0.333. The lowest BCUT2D eigenvalue weighted by Gasteiger charge is -2.21. The predicted octanol–water partition coefficient (Wildman–Crippen LogP) is 1.36. The number of hydrogen-bond donors (Lipinski definition) is 2. The van der Waals surface area contributed by atoms with E-state index in [1.54, 1.807) is 11.3 Å². The number of anilines is 1. The van der Waals surface area contributed by atoms with Gasteiger partial charge in [0.25, 0.3) is 5.69 Å². The number of nitrogens with one attached hydrogen (secondary N) is 2. The first kappa shape index (κ1) is 18.4. The van der Waals surface area contributed by atoms with Crippen LogP contribution in [0.15, 0.2) is 40.6 Å². The molecule has 2 N–H and O–H groups in total. The summed E-state index contributed by atoms with van der Waals surface area (Å²) in [5.74, 6) is 0. The Labute approximate surface area is 145 Å². The molecule has 2 rings (SSSR count). The van der Waals surface area contributed by atoms with Crippen molar-refractivity contribution in [2.24, 2.45) is 0 Å².